The fourth-order valence-electron chi connectivity index (χ4n) is 1.67. The zero-order valence-corrected chi connectivity index (χ0v) is 11.5. The first-order valence-electron chi connectivity index (χ1n) is 5.98. The number of amides is 2. The van der Waals surface area contributed by atoms with Crippen LogP contribution in [0.3, 0.4) is 0 Å². The van der Waals surface area contributed by atoms with E-state index in [2.05, 4.69) is 0 Å². The van der Waals surface area contributed by atoms with Gasteiger partial charge in [0.1, 0.15) is 13.1 Å². The third-order valence-electron chi connectivity index (χ3n) is 2.61. The van der Waals surface area contributed by atoms with E-state index >= 15 is 0 Å². The Morgan fingerprint density at radius 1 is 1.19 bits per heavy atom. The standard InChI is InChI=1S/C13H15F3N2O3/c1-9-3-5-10(6-4-9)18(7-11(19)20)12(21)17(2)8-13(14,15)16/h3-6H,7-8H2,1-2H3,(H,19,20). The predicted molar refractivity (Wildman–Crippen MR) is 70.2 cm³/mol. The summed E-state index contributed by atoms with van der Waals surface area (Å²) in [5.41, 5.74) is 1.10. The van der Waals surface area contributed by atoms with Crippen molar-refractivity contribution in [1.82, 2.24) is 4.90 Å². The molecular weight excluding hydrogens is 289 g/mol. The van der Waals surface area contributed by atoms with Crippen LogP contribution < -0.4 is 4.90 Å². The maximum absolute atomic E-state index is 12.3. The lowest BCUT2D eigenvalue weighted by atomic mass is 10.2. The Labute approximate surface area is 119 Å². The van der Waals surface area contributed by atoms with E-state index < -0.39 is 31.3 Å². The van der Waals surface area contributed by atoms with Crippen molar-refractivity contribution in [3.63, 3.8) is 0 Å². The van der Waals surface area contributed by atoms with E-state index in [4.69, 9.17) is 5.11 Å². The smallest absolute Gasteiger partial charge is 0.406 e. The van der Waals surface area contributed by atoms with E-state index in [0.717, 1.165) is 17.5 Å². The highest BCUT2D eigenvalue weighted by Gasteiger charge is 2.33. The van der Waals surface area contributed by atoms with Crippen LogP contribution in [-0.2, 0) is 4.79 Å². The van der Waals surface area contributed by atoms with Crippen LogP contribution in [0, 0.1) is 6.92 Å². The predicted octanol–water partition coefficient (Wildman–Crippen LogP) is 2.50. The van der Waals surface area contributed by atoms with Gasteiger partial charge in [-0.25, -0.2) is 4.79 Å². The number of urea groups is 1. The van der Waals surface area contributed by atoms with Crippen LogP contribution in [0.5, 0.6) is 0 Å². The Balaban J connectivity index is 2.99. The van der Waals surface area contributed by atoms with Gasteiger partial charge in [0, 0.05) is 12.7 Å². The molecule has 0 fully saturated rings. The number of anilines is 1. The van der Waals surface area contributed by atoms with Gasteiger partial charge in [0.05, 0.1) is 0 Å². The first kappa shape index (κ1) is 16.8. The van der Waals surface area contributed by atoms with Crippen LogP contribution in [0.1, 0.15) is 5.56 Å². The molecule has 0 aliphatic rings. The minimum absolute atomic E-state index is 0.224. The molecule has 0 heterocycles. The van der Waals surface area contributed by atoms with Crippen molar-refractivity contribution in [2.24, 2.45) is 0 Å². The normalized spacial score (nSPS) is 11.1. The largest absolute Gasteiger partial charge is 0.480 e. The van der Waals surface area contributed by atoms with Crippen LogP contribution in [0.15, 0.2) is 24.3 Å². The summed E-state index contributed by atoms with van der Waals surface area (Å²) in [5.74, 6) is -1.32. The minimum Gasteiger partial charge on any atom is -0.480 e. The molecule has 0 saturated heterocycles. The summed E-state index contributed by atoms with van der Waals surface area (Å²) in [6.07, 6.45) is -4.55. The van der Waals surface area contributed by atoms with E-state index in [-0.39, 0.29) is 5.69 Å². The molecule has 116 valence electrons. The summed E-state index contributed by atoms with van der Waals surface area (Å²) in [6, 6.07) is 5.22. The van der Waals surface area contributed by atoms with Gasteiger partial charge in [-0.2, -0.15) is 13.2 Å². The third-order valence-corrected chi connectivity index (χ3v) is 2.61. The molecule has 0 unspecified atom stereocenters. The SMILES string of the molecule is Cc1ccc(N(CC(=O)O)C(=O)N(C)CC(F)(F)F)cc1. The number of carbonyl (C=O) groups is 2. The number of carboxylic acids is 1. The van der Waals surface area contributed by atoms with Crippen LogP contribution in [0.2, 0.25) is 0 Å². The maximum atomic E-state index is 12.3. The van der Waals surface area contributed by atoms with Gasteiger partial charge < -0.3 is 10.0 Å². The van der Waals surface area contributed by atoms with Crippen molar-refractivity contribution >= 4 is 17.7 Å². The molecule has 0 aromatic heterocycles. The lowest BCUT2D eigenvalue weighted by Crippen LogP contribution is -2.46. The fraction of sp³-hybridized carbons (Fsp3) is 0.385. The Morgan fingerprint density at radius 2 is 1.71 bits per heavy atom. The number of carboxylic acid groups (broad SMARTS) is 1. The third kappa shape index (κ3) is 5.33. The summed E-state index contributed by atoms with van der Waals surface area (Å²) in [6.45, 7) is -0.374. The second kappa shape index (κ2) is 6.47. The lowest BCUT2D eigenvalue weighted by molar-refractivity contribution is -0.137. The Morgan fingerprint density at radius 3 is 2.14 bits per heavy atom. The zero-order valence-electron chi connectivity index (χ0n) is 11.5. The van der Waals surface area contributed by atoms with Crippen molar-refractivity contribution in [2.45, 2.75) is 13.1 Å². The molecule has 0 aliphatic carbocycles. The van der Waals surface area contributed by atoms with Crippen molar-refractivity contribution in [1.29, 1.82) is 0 Å². The van der Waals surface area contributed by atoms with E-state index in [1.54, 1.807) is 19.1 Å². The van der Waals surface area contributed by atoms with Gasteiger partial charge in [0.2, 0.25) is 0 Å². The van der Waals surface area contributed by atoms with E-state index in [9.17, 15) is 22.8 Å². The van der Waals surface area contributed by atoms with Gasteiger partial charge in [-0.05, 0) is 19.1 Å². The molecule has 0 saturated carbocycles. The number of aryl methyl sites for hydroxylation is 1. The van der Waals surface area contributed by atoms with Gasteiger partial charge in [0.15, 0.2) is 0 Å². The highest BCUT2D eigenvalue weighted by Crippen LogP contribution is 2.20. The number of nitrogens with zero attached hydrogens (tertiary/aromatic N) is 2. The van der Waals surface area contributed by atoms with Crippen molar-refractivity contribution < 1.29 is 27.9 Å². The van der Waals surface area contributed by atoms with Crippen LogP contribution in [0.25, 0.3) is 0 Å². The first-order valence-corrected chi connectivity index (χ1v) is 5.98. The number of carbonyl (C=O) groups excluding carboxylic acids is 1. The van der Waals surface area contributed by atoms with Crippen LogP contribution in [0.4, 0.5) is 23.7 Å². The number of aliphatic carboxylic acids is 1. The fourth-order valence-corrected chi connectivity index (χ4v) is 1.67. The average molecular weight is 304 g/mol. The molecular formula is C13H15F3N2O3. The molecule has 0 atom stereocenters. The number of hydrogen-bond donors (Lipinski definition) is 1. The zero-order chi connectivity index (χ0) is 16.2. The average Bonchev–Trinajstić information content (AvgIpc) is 2.34. The molecule has 0 spiro atoms. The second-order valence-electron chi connectivity index (χ2n) is 4.57. The minimum atomic E-state index is -4.55. The van der Waals surface area contributed by atoms with E-state index in [1.807, 2.05) is 0 Å². The molecule has 8 heteroatoms. The summed E-state index contributed by atoms with van der Waals surface area (Å²) in [7, 11) is 0.971. The topological polar surface area (TPSA) is 60.9 Å². The Hall–Kier alpha value is -2.25. The highest BCUT2D eigenvalue weighted by atomic mass is 19.4. The summed E-state index contributed by atoms with van der Waals surface area (Å²) in [5, 5.41) is 8.83. The molecule has 1 aromatic rings. The highest BCUT2D eigenvalue weighted by molar-refractivity contribution is 5.96. The summed E-state index contributed by atoms with van der Waals surface area (Å²) < 4.78 is 37.0. The van der Waals surface area contributed by atoms with Crippen LogP contribution >= 0.6 is 0 Å². The molecule has 5 nitrogen and oxygen atoms in total. The molecule has 1 aromatic carbocycles. The number of halogens is 3. The molecule has 1 N–H and O–H groups in total. The van der Waals surface area contributed by atoms with Crippen molar-refractivity contribution in [3.05, 3.63) is 29.8 Å². The van der Waals surface area contributed by atoms with Gasteiger partial charge in [0.25, 0.3) is 0 Å². The molecule has 0 aliphatic heterocycles. The molecule has 2 amide bonds. The molecule has 0 bridgehead atoms. The maximum Gasteiger partial charge on any atom is 0.406 e. The second-order valence-corrected chi connectivity index (χ2v) is 4.57. The van der Waals surface area contributed by atoms with E-state index in [1.165, 1.54) is 12.1 Å². The van der Waals surface area contributed by atoms with Gasteiger partial charge in [-0.1, -0.05) is 17.7 Å². The summed E-state index contributed by atoms with van der Waals surface area (Å²) >= 11 is 0. The van der Waals surface area contributed by atoms with Gasteiger partial charge in [-0.3, -0.25) is 9.69 Å². The number of alkyl halides is 3. The number of rotatable bonds is 4. The number of hydrogen-bond acceptors (Lipinski definition) is 2. The number of benzene rings is 1. The Kier molecular flexibility index (Phi) is 5.17. The monoisotopic (exact) mass is 304 g/mol. The first-order chi connectivity index (χ1) is 9.60. The van der Waals surface area contributed by atoms with Crippen molar-refractivity contribution in [3.8, 4) is 0 Å². The summed E-state index contributed by atoms with van der Waals surface area (Å²) in [4.78, 5) is 24.1. The van der Waals surface area contributed by atoms with Crippen LogP contribution in [-0.4, -0.2) is 48.3 Å². The van der Waals surface area contributed by atoms with Gasteiger partial charge >= 0.3 is 18.2 Å². The molecule has 0 radical (unpaired) electrons. The Bertz CT molecular complexity index is 514. The quantitative estimate of drug-likeness (QED) is 0.929. The van der Waals surface area contributed by atoms with Crippen molar-refractivity contribution in [2.75, 3.05) is 25.0 Å². The van der Waals surface area contributed by atoms with Gasteiger partial charge in [-0.15, -0.1) is 0 Å². The van der Waals surface area contributed by atoms with E-state index in [0.29, 0.717) is 4.90 Å². The molecule has 1 rings (SSSR count). The lowest BCUT2D eigenvalue weighted by Gasteiger charge is -2.27. The molecule has 21 heavy (non-hydrogen) atoms.